The molecule has 1 aliphatic carbocycles. The molecule has 6 nitrogen and oxygen atoms in total. The molecule has 100 valence electrons. The largest absolute Gasteiger partial charge is 0.395 e. The van der Waals surface area contributed by atoms with Gasteiger partial charge in [-0.15, -0.1) is 0 Å². The number of nitrogens with zero attached hydrogens (tertiary/aromatic N) is 2. The van der Waals surface area contributed by atoms with E-state index in [1.54, 1.807) is 0 Å². The Labute approximate surface area is 106 Å². The van der Waals surface area contributed by atoms with Gasteiger partial charge in [0.1, 0.15) is 0 Å². The van der Waals surface area contributed by atoms with Crippen LogP contribution in [0.15, 0.2) is 0 Å². The lowest BCUT2D eigenvalue weighted by molar-refractivity contribution is -0.117. The second-order valence-electron chi connectivity index (χ2n) is 4.78. The third-order valence-electron chi connectivity index (χ3n) is 3.19. The molecule has 0 spiro atoms. The Morgan fingerprint density at radius 2 is 2.28 bits per heavy atom. The van der Waals surface area contributed by atoms with Crippen LogP contribution in [0.5, 0.6) is 0 Å². The van der Waals surface area contributed by atoms with Crippen LogP contribution in [0, 0.1) is 13.8 Å². The summed E-state index contributed by atoms with van der Waals surface area (Å²) >= 11 is 0. The fraction of sp³-hybridized carbons (Fsp3) is 0.667. The smallest absolute Gasteiger partial charge is 0.238 e. The zero-order valence-electron chi connectivity index (χ0n) is 10.9. The minimum Gasteiger partial charge on any atom is -0.395 e. The molecule has 2 rings (SSSR count). The van der Waals surface area contributed by atoms with Crippen LogP contribution < -0.4 is 5.32 Å². The summed E-state index contributed by atoms with van der Waals surface area (Å²) in [6, 6.07) is 0.467. The monoisotopic (exact) mass is 252 g/mol. The van der Waals surface area contributed by atoms with Gasteiger partial charge in [-0.2, -0.15) is 5.10 Å². The number of amides is 1. The zero-order chi connectivity index (χ0) is 13.1. The lowest BCUT2D eigenvalue weighted by atomic mass is 10.3. The number of aromatic amines is 1. The molecule has 1 aromatic heterocycles. The normalized spacial score (nSPS) is 15.1. The second-order valence-corrected chi connectivity index (χ2v) is 4.78. The Morgan fingerprint density at radius 3 is 2.78 bits per heavy atom. The highest BCUT2D eigenvalue weighted by molar-refractivity contribution is 5.93. The lowest BCUT2D eigenvalue weighted by Crippen LogP contribution is -2.36. The molecule has 0 aliphatic heterocycles. The van der Waals surface area contributed by atoms with Crippen molar-refractivity contribution in [1.29, 1.82) is 0 Å². The van der Waals surface area contributed by atoms with E-state index < -0.39 is 0 Å². The van der Waals surface area contributed by atoms with Crippen LogP contribution in [-0.4, -0.2) is 51.8 Å². The minimum atomic E-state index is -0.0528. The molecule has 0 bridgehead atoms. The lowest BCUT2D eigenvalue weighted by Gasteiger charge is -2.20. The first-order chi connectivity index (χ1) is 8.61. The number of aryl methyl sites for hydroxylation is 2. The number of hydrogen-bond donors (Lipinski definition) is 3. The maximum absolute atomic E-state index is 12.0. The summed E-state index contributed by atoms with van der Waals surface area (Å²) < 4.78 is 0. The molecule has 18 heavy (non-hydrogen) atoms. The van der Waals surface area contributed by atoms with Gasteiger partial charge in [0, 0.05) is 12.6 Å². The van der Waals surface area contributed by atoms with Gasteiger partial charge in [-0.25, -0.2) is 0 Å². The van der Waals surface area contributed by atoms with Crippen molar-refractivity contribution < 1.29 is 9.90 Å². The van der Waals surface area contributed by atoms with E-state index in [9.17, 15) is 4.79 Å². The Bertz CT molecular complexity index is 406. The number of carbonyl (C=O) groups is 1. The van der Waals surface area contributed by atoms with Crippen LogP contribution in [-0.2, 0) is 4.79 Å². The highest BCUT2D eigenvalue weighted by Gasteiger charge is 2.29. The molecule has 6 heteroatoms. The van der Waals surface area contributed by atoms with E-state index in [1.807, 2.05) is 18.7 Å². The van der Waals surface area contributed by atoms with Gasteiger partial charge in [0.25, 0.3) is 0 Å². The number of hydrogen-bond acceptors (Lipinski definition) is 4. The molecule has 1 amide bonds. The van der Waals surface area contributed by atoms with Crippen LogP contribution in [0.1, 0.15) is 24.2 Å². The van der Waals surface area contributed by atoms with E-state index in [2.05, 4.69) is 15.5 Å². The molecule has 0 unspecified atom stereocenters. The summed E-state index contributed by atoms with van der Waals surface area (Å²) in [5.41, 5.74) is 2.42. The van der Waals surface area contributed by atoms with Crippen LogP contribution >= 0.6 is 0 Å². The number of aliphatic hydroxyl groups excluding tert-OH is 1. The van der Waals surface area contributed by atoms with Gasteiger partial charge in [-0.1, -0.05) is 0 Å². The van der Waals surface area contributed by atoms with Crippen molar-refractivity contribution in [2.75, 3.05) is 25.0 Å². The van der Waals surface area contributed by atoms with Crippen molar-refractivity contribution in [2.24, 2.45) is 0 Å². The predicted octanol–water partition coefficient (Wildman–Crippen LogP) is 0.422. The number of rotatable bonds is 6. The van der Waals surface area contributed by atoms with Crippen molar-refractivity contribution in [3.8, 4) is 0 Å². The topological polar surface area (TPSA) is 81.2 Å². The van der Waals surface area contributed by atoms with E-state index in [-0.39, 0.29) is 12.5 Å². The van der Waals surface area contributed by atoms with Gasteiger partial charge >= 0.3 is 0 Å². The fourth-order valence-electron chi connectivity index (χ4n) is 2.06. The number of aliphatic hydroxyl groups is 1. The van der Waals surface area contributed by atoms with E-state index in [4.69, 9.17) is 5.11 Å². The molecule has 1 heterocycles. The summed E-state index contributed by atoms with van der Waals surface area (Å²) in [5.74, 6) is -0.0528. The third-order valence-corrected chi connectivity index (χ3v) is 3.19. The number of aromatic nitrogens is 2. The zero-order valence-corrected chi connectivity index (χ0v) is 10.9. The SMILES string of the molecule is Cc1n[nH]c(C)c1NC(=O)CN(CCO)C1CC1. The predicted molar refractivity (Wildman–Crippen MR) is 68.4 cm³/mol. The maximum atomic E-state index is 12.0. The number of H-pyrrole nitrogens is 1. The number of carbonyl (C=O) groups excluding carboxylic acids is 1. The minimum absolute atomic E-state index is 0.0528. The molecule has 1 saturated carbocycles. The second kappa shape index (κ2) is 5.49. The molecule has 1 aliphatic rings. The molecule has 0 saturated heterocycles. The van der Waals surface area contributed by atoms with E-state index in [0.29, 0.717) is 19.1 Å². The summed E-state index contributed by atoms with van der Waals surface area (Å²) in [6.45, 7) is 4.71. The fourth-order valence-corrected chi connectivity index (χ4v) is 2.06. The van der Waals surface area contributed by atoms with Crippen molar-refractivity contribution in [3.63, 3.8) is 0 Å². The molecule has 3 N–H and O–H groups in total. The standard InChI is InChI=1S/C12H20N4O2/c1-8-12(9(2)15-14-8)13-11(18)7-16(5-6-17)10-3-4-10/h10,17H,3-7H2,1-2H3,(H,13,18)(H,14,15). The van der Waals surface area contributed by atoms with Gasteiger partial charge in [0.05, 0.1) is 30.2 Å². The first-order valence-corrected chi connectivity index (χ1v) is 6.28. The Hall–Kier alpha value is -1.40. The molecular weight excluding hydrogens is 232 g/mol. The highest BCUT2D eigenvalue weighted by atomic mass is 16.3. The van der Waals surface area contributed by atoms with E-state index in [0.717, 1.165) is 29.9 Å². The third kappa shape index (κ3) is 3.08. The Morgan fingerprint density at radius 1 is 1.56 bits per heavy atom. The van der Waals surface area contributed by atoms with Crippen LogP contribution in [0.25, 0.3) is 0 Å². The number of anilines is 1. The van der Waals surface area contributed by atoms with Gasteiger partial charge in [0.2, 0.25) is 5.91 Å². The molecule has 0 radical (unpaired) electrons. The summed E-state index contributed by atoms with van der Waals surface area (Å²) in [5, 5.41) is 18.7. The van der Waals surface area contributed by atoms with Crippen LogP contribution in [0.3, 0.4) is 0 Å². The Balaban J connectivity index is 1.91. The molecule has 1 fully saturated rings. The van der Waals surface area contributed by atoms with E-state index >= 15 is 0 Å². The number of nitrogens with one attached hydrogen (secondary N) is 2. The first-order valence-electron chi connectivity index (χ1n) is 6.28. The molecule has 1 aromatic rings. The van der Waals surface area contributed by atoms with Crippen LogP contribution in [0.4, 0.5) is 5.69 Å². The average Bonchev–Trinajstić information content (AvgIpc) is 3.12. The van der Waals surface area contributed by atoms with Gasteiger partial charge < -0.3 is 10.4 Å². The van der Waals surface area contributed by atoms with Gasteiger partial charge in [-0.3, -0.25) is 14.8 Å². The van der Waals surface area contributed by atoms with Crippen LogP contribution in [0.2, 0.25) is 0 Å². The average molecular weight is 252 g/mol. The Kier molecular flexibility index (Phi) is 3.98. The molecule has 0 aromatic carbocycles. The highest BCUT2D eigenvalue weighted by Crippen LogP contribution is 2.26. The van der Waals surface area contributed by atoms with Crippen molar-refractivity contribution in [2.45, 2.75) is 32.7 Å². The quantitative estimate of drug-likeness (QED) is 0.685. The first kappa shape index (κ1) is 13.0. The summed E-state index contributed by atoms with van der Waals surface area (Å²) in [6.07, 6.45) is 2.24. The summed E-state index contributed by atoms with van der Waals surface area (Å²) in [4.78, 5) is 14.0. The van der Waals surface area contributed by atoms with E-state index in [1.165, 1.54) is 0 Å². The van der Waals surface area contributed by atoms with Crippen molar-refractivity contribution in [3.05, 3.63) is 11.4 Å². The van der Waals surface area contributed by atoms with Crippen molar-refractivity contribution >= 4 is 11.6 Å². The maximum Gasteiger partial charge on any atom is 0.238 e. The summed E-state index contributed by atoms with van der Waals surface area (Å²) in [7, 11) is 0. The van der Waals surface area contributed by atoms with Gasteiger partial charge in [0.15, 0.2) is 0 Å². The molecule has 0 atom stereocenters. The van der Waals surface area contributed by atoms with Crippen molar-refractivity contribution in [1.82, 2.24) is 15.1 Å². The molecular formula is C12H20N4O2. The van der Waals surface area contributed by atoms with Gasteiger partial charge in [-0.05, 0) is 26.7 Å².